The highest BCUT2D eigenvalue weighted by Crippen LogP contribution is 2.22. The molecule has 0 atom stereocenters. The maximum Gasteiger partial charge on any atom is 0.226 e. The lowest BCUT2D eigenvalue weighted by atomic mass is 10.2. The summed E-state index contributed by atoms with van der Waals surface area (Å²) in [7, 11) is 0. The minimum atomic E-state index is -0.448. The van der Waals surface area contributed by atoms with Crippen molar-refractivity contribution in [3.8, 4) is 0 Å². The molecule has 0 aliphatic rings. The highest BCUT2D eigenvalue weighted by atomic mass is 79.9. The largest absolute Gasteiger partial charge is 0.352 e. The van der Waals surface area contributed by atoms with E-state index in [9.17, 15) is 14.4 Å². The molecule has 3 rings (SSSR count). The van der Waals surface area contributed by atoms with E-state index in [1.54, 1.807) is 0 Å². The number of halogens is 2. The van der Waals surface area contributed by atoms with Crippen molar-refractivity contribution >= 4 is 33.4 Å². The summed E-state index contributed by atoms with van der Waals surface area (Å²) in [6, 6.07) is 13.5. The molecule has 3 N–H and O–H groups in total. The molecule has 1 amide bonds. The average Bonchev–Trinajstić information content (AvgIpc) is 3.16. The first-order valence-corrected chi connectivity index (χ1v) is 8.92. The van der Waals surface area contributed by atoms with Crippen LogP contribution in [0.4, 0.5) is 10.1 Å². The molecular weight excluding hydrogens is 433 g/mol. The van der Waals surface area contributed by atoms with Gasteiger partial charge in [-0.1, -0.05) is 35.5 Å². The molecule has 2 aromatic carbocycles. The molecule has 1 aromatic heterocycles. The second-order valence-electron chi connectivity index (χ2n) is 5.67. The van der Waals surface area contributed by atoms with Gasteiger partial charge in [-0.2, -0.15) is 0 Å². The van der Waals surface area contributed by atoms with Gasteiger partial charge in [0.1, 0.15) is 11.5 Å². The Balaban J connectivity index is 1.73. The molecule has 0 fully saturated rings. The Kier molecular flexibility index (Phi) is 6.45. The smallest absolute Gasteiger partial charge is 0.226 e. The highest BCUT2D eigenvalue weighted by molar-refractivity contribution is 9.10. The third kappa shape index (κ3) is 4.99. The number of rotatable bonds is 6. The Bertz CT molecular complexity index is 994. The Labute approximate surface area is 167 Å². The Morgan fingerprint density at radius 2 is 2.00 bits per heavy atom. The number of hydroxylamine groups is 1. The molecule has 0 radical (unpaired) electrons. The van der Waals surface area contributed by atoms with E-state index < -0.39 is 5.82 Å². The van der Waals surface area contributed by atoms with Crippen LogP contribution in [-0.4, -0.2) is 27.3 Å². The number of nitrogens with one attached hydrogen (secondary N) is 2. The average molecular weight is 448 g/mol. The molecule has 0 aliphatic heterocycles. The number of amides is 1. The molecule has 8 nitrogen and oxygen atoms in total. The van der Waals surface area contributed by atoms with Crippen LogP contribution in [0.3, 0.4) is 0 Å². The van der Waals surface area contributed by atoms with Crippen molar-refractivity contribution in [2.75, 3.05) is 0 Å². The van der Waals surface area contributed by atoms with E-state index in [2.05, 4.69) is 36.6 Å². The second-order valence-corrected chi connectivity index (χ2v) is 6.52. The zero-order valence-corrected chi connectivity index (χ0v) is 16.0. The van der Waals surface area contributed by atoms with Crippen molar-refractivity contribution < 1.29 is 19.0 Å². The van der Waals surface area contributed by atoms with Crippen molar-refractivity contribution in [2.45, 2.75) is 13.0 Å². The fourth-order valence-corrected chi connectivity index (χ4v) is 2.69. The summed E-state index contributed by atoms with van der Waals surface area (Å²) in [6.07, 6.45) is -0.126. The summed E-state index contributed by atoms with van der Waals surface area (Å²) in [5.74, 6) is -0.843. The third-order valence-electron chi connectivity index (χ3n) is 3.69. The van der Waals surface area contributed by atoms with E-state index in [-0.39, 0.29) is 34.0 Å². The van der Waals surface area contributed by atoms with Gasteiger partial charge in [-0.15, -0.1) is 0 Å². The predicted molar refractivity (Wildman–Crippen MR) is 102 cm³/mol. The van der Waals surface area contributed by atoms with Crippen molar-refractivity contribution in [1.82, 2.24) is 21.1 Å². The topological polar surface area (TPSA) is 113 Å². The van der Waals surface area contributed by atoms with Crippen LogP contribution in [-0.2, 0) is 17.8 Å². The van der Waals surface area contributed by atoms with Crippen LogP contribution < -0.4 is 10.8 Å². The van der Waals surface area contributed by atoms with Gasteiger partial charge in [-0.3, -0.25) is 15.5 Å². The molecule has 28 heavy (non-hydrogen) atoms. The van der Waals surface area contributed by atoms with E-state index in [1.807, 2.05) is 35.8 Å². The normalized spacial score (nSPS) is 11.3. The molecular formula is C18H15BrFN5O3. The van der Waals surface area contributed by atoms with E-state index >= 15 is 0 Å². The van der Waals surface area contributed by atoms with Gasteiger partial charge < -0.3 is 5.32 Å². The quantitative estimate of drug-likeness (QED) is 0.304. The first kappa shape index (κ1) is 19.6. The number of aromatic nitrogens is 2. The van der Waals surface area contributed by atoms with Crippen LogP contribution in [0, 0.1) is 5.82 Å². The molecule has 0 saturated carbocycles. The van der Waals surface area contributed by atoms with Crippen LogP contribution in [0.1, 0.15) is 17.0 Å². The summed E-state index contributed by atoms with van der Waals surface area (Å²) >= 11 is 3.06. The number of hydrogen-bond donors (Lipinski definition) is 3. The molecule has 1 heterocycles. The molecule has 0 saturated heterocycles. The van der Waals surface area contributed by atoms with Crippen LogP contribution in [0.2, 0.25) is 0 Å². The van der Waals surface area contributed by atoms with Crippen LogP contribution in [0.25, 0.3) is 0 Å². The van der Waals surface area contributed by atoms with Crippen molar-refractivity contribution in [1.29, 1.82) is 0 Å². The lowest BCUT2D eigenvalue weighted by Crippen LogP contribution is -2.27. The maximum atomic E-state index is 13.4. The number of hydrogen-bond acceptors (Lipinski definition) is 6. The summed E-state index contributed by atoms with van der Waals surface area (Å²) in [5, 5.41) is 19.6. The fourth-order valence-electron chi connectivity index (χ4n) is 2.33. The van der Waals surface area contributed by atoms with Crippen molar-refractivity contribution in [2.24, 2.45) is 4.99 Å². The predicted octanol–water partition coefficient (Wildman–Crippen LogP) is 2.89. The van der Waals surface area contributed by atoms with E-state index in [0.29, 0.717) is 12.2 Å². The minimum Gasteiger partial charge on any atom is -0.352 e. The third-order valence-corrected chi connectivity index (χ3v) is 4.30. The SMILES string of the molecule is O=C(Cc1nonc1C(=Nc1ccc(F)c(Br)c1)NO)NCc1ccccc1. The number of nitrogens with zero attached hydrogens (tertiary/aromatic N) is 3. The zero-order chi connectivity index (χ0) is 19.9. The Morgan fingerprint density at radius 1 is 1.21 bits per heavy atom. The lowest BCUT2D eigenvalue weighted by molar-refractivity contribution is -0.120. The number of carbonyl (C=O) groups is 1. The van der Waals surface area contributed by atoms with Gasteiger partial charge in [0.05, 0.1) is 16.6 Å². The summed E-state index contributed by atoms with van der Waals surface area (Å²) in [6.45, 7) is 0.364. The molecule has 0 unspecified atom stereocenters. The molecule has 0 spiro atoms. The van der Waals surface area contributed by atoms with Crippen molar-refractivity contribution in [3.05, 3.63) is 75.8 Å². The van der Waals surface area contributed by atoms with E-state index in [1.165, 1.54) is 18.2 Å². The second kappa shape index (κ2) is 9.20. The van der Waals surface area contributed by atoms with Gasteiger partial charge in [0, 0.05) is 6.54 Å². The summed E-state index contributed by atoms with van der Waals surface area (Å²) in [4.78, 5) is 16.3. The van der Waals surface area contributed by atoms with Gasteiger partial charge in [0.25, 0.3) is 0 Å². The van der Waals surface area contributed by atoms with Gasteiger partial charge in [-0.05, 0) is 44.8 Å². The summed E-state index contributed by atoms with van der Waals surface area (Å²) in [5.41, 5.74) is 3.45. The number of carbonyl (C=O) groups excluding carboxylic acids is 1. The van der Waals surface area contributed by atoms with E-state index in [0.717, 1.165) is 5.56 Å². The monoisotopic (exact) mass is 447 g/mol. The molecule has 0 aliphatic carbocycles. The number of benzene rings is 2. The summed E-state index contributed by atoms with van der Waals surface area (Å²) < 4.78 is 18.3. The fraction of sp³-hybridized carbons (Fsp3) is 0.111. The van der Waals surface area contributed by atoms with Crippen LogP contribution in [0.5, 0.6) is 0 Å². The van der Waals surface area contributed by atoms with Gasteiger partial charge in [0.15, 0.2) is 11.5 Å². The Morgan fingerprint density at radius 3 is 2.71 bits per heavy atom. The van der Waals surface area contributed by atoms with Gasteiger partial charge >= 0.3 is 0 Å². The van der Waals surface area contributed by atoms with E-state index in [4.69, 9.17) is 4.63 Å². The van der Waals surface area contributed by atoms with Crippen molar-refractivity contribution in [3.63, 3.8) is 0 Å². The minimum absolute atomic E-state index is 0.0674. The van der Waals surface area contributed by atoms with Crippen LogP contribution >= 0.6 is 15.9 Å². The first-order valence-electron chi connectivity index (χ1n) is 8.13. The molecule has 10 heteroatoms. The van der Waals surface area contributed by atoms with Crippen LogP contribution in [0.15, 0.2) is 62.6 Å². The number of amidine groups is 1. The highest BCUT2D eigenvalue weighted by Gasteiger charge is 2.19. The van der Waals surface area contributed by atoms with Gasteiger partial charge in [0.2, 0.25) is 5.91 Å². The van der Waals surface area contributed by atoms with Gasteiger partial charge in [-0.25, -0.2) is 14.0 Å². The molecule has 3 aromatic rings. The number of aliphatic imine (C=N–C) groups is 1. The Hall–Kier alpha value is -3.11. The first-order chi connectivity index (χ1) is 13.6. The molecule has 0 bridgehead atoms. The molecule has 144 valence electrons. The zero-order valence-electron chi connectivity index (χ0n) is 14.4. The standard InChI is InChI=1S/C18H15BrFN5O3/c19-13-8-12(6-7-14(13)20)22-18(23-27)17-15(24-28-25-17)9-16(26)21-10-11-4-2-1-3-5-11/h1-8,27H,9-10H2,(H,21,26)(H,22,23). The maximum absolute atomic E-state index is 13.4. The lowest BCUT2D eigenvalue weighted by Gasteiger charge is -2.06.